The number of esters is 2. The number of carbonyl (C=O) groups excluding carboxylic acids is 3. The van der Waals surface area contributed by atoms with Gasteiger partial charge in [-0.15, -0.1) is 0 Å². The summed E-state index contributed by atoms with van der Waals surface area (Å²) in [4.78, 5) is 34.9. The summed E-state index contributed by atoms with van der Waals surface area (Å²) in [6, 6.07) is 0. The first-order valence-corrected chi connectivity index (χ1v) is 6.44. The first-order chi connectivity index (χ1) is 8.90. The van der Waals surface area contributed by atoms with E-state index in [0.29, 0.717) is 19.3 Å². The van der Waals surface area contributed by atoms with E-state index in [9.17, 15) is 14.4 Å². The van der Waals surface area contributed by atoms with Gasteiger partial charge in [0.25, 0.3) is 0 Å². The molecular weight excluding hydrogens is 248 g/mol. The first kappa shape index (κ1) is 15.4. The molecule has 5 nitrogen and oxygen atoms in total. The molecule has 19 heavy (non-hydrogen) atoms. The Morgan fingerprint density at radius 3 is 2.63 bits per heavy atom. The SMILES string of the molecule is CCOC(=O)C1(C)CCCC(COC(C)=O)=CC1=O. The van der Waals surface area contributed by atoms with Crippen molar-refractivity contribution >= 4 is 17.7 Å². The maximum absolute atomic E-state index is 12.2. The van der Waals surface area contributed by atoms with E-state index in [0.717, 1.165) is 5.57 Å². The van der Waals surface area contributed by atoms with E-state index in [1.165, 1.54) is 13.0 Å². The lowest BCUT2D eigenvalue weighted by molar-refractivity contribution is -0.158. The molecule has 5 heteroatoms. The highest BCUT2D eigenvalue weighted by Crippen LogP contribution is 2.32. The predicted molar refractivity (Wildman–Crippen MR) is 68.3 cm³/mol. The normalized spacial score (nSPS) is 23.3. The lowest BCUT2D eigenvalue weighted by atomic mass is 9.82. The molecule has 1 aliphatic rings. The Morgan fingerprint density at radius 2 is 2.05 bits per heavy atom. The van der Waals surface area contributed by atoms with Crippen LogP contribution in [0, 0.1) is 5.41 Å². The molecule has 1 aliphatic carbocycles. The molecule has 1 atom stereocenters. The van der Waals surface area contributed by atoms with Crippen molar-refractivity contribution in [3.05, 3.63) is 11.6 Å². The zero-order valence-corrected chi connectivity index (χ0v) is 11.7. The fourth-order valence-electron chi connectivity index (χ4n) is 2.01. The van der Waals surface area contributed by atoms with Gasteiger partial charge in [-0.2, -0.15) is 0 Å². The molecule has 1 unspecified atom stereocenters. The Hall–Kier alpha value is -1.65. The maximum atomic E-state index is 12.2. The summed E-state index contributed by atoms with van der Waals surface area (Å²) < 4.78 is 9.86. The lowest BCUT2D eigenvalue weighted by Crippen LogP contribution is -2.36. The van der Waals surface area contributed by atoms with Crippen molar-refractivity contribution in [2.24, 2.45) is 5.41 Å². The van der Waals surface area contributed by atoms with Crippen molar-refractivity contribution in [2.75, 3.05) is 13.2 Å². The van der Waals surface area contributed by atoms with E-state index in [-0.39, 0.29) is 25.0 Å². The molecule has 0 aromatic carbocycles. The van der Waals surface area contributed by atoms with Crippen molar-refractivity contribution < 1.29 is 23.9 Å². The van der Waals surface area contributed by atoms with Crippen LogP contribution < -0.4 is 0 Å². The van der Waals surface area contributed by atoms with Crippen molar-refractivity contribution in [1.82, 2.24) is 0 Å². The number of hydrogen-bond donors (Lipinski definition) is 0. The number of hydrogen-bond acceptors (Lipinski definition) is 5. The van der Waals surface area contributed by atoms with Crippen molar-refractivity contribution in [2.45, 2.75) is 40.0 Å². The molecule has 0 bridgehead atoms. The van der Waals surface area contributed by atoms with E-state index in [2.05, 4.69) is 0 Å². The van der Waals surface area contributed by atoms with Gasteiger partial charge >= 0.3 is 11.9 Å². The van der Waals surface area contributed by atoms with Crippen LogP contribution in [0.1, 0.15) is 40.0 Å². The highest BCUT2D eigenvalue weighted by atomic mass is 16.5. The fourth-order valence-corrected chi connectivity index (χ4v) is 2.01. The summed E-state index contributed by atoms with van der Waals surface area (Å²) in [5.41, 5.74) is -0.373. The Kier molecular flexibility index (Phi) is 5.27. The summed E-state index contributed by atoms with van der Waals surface area (Å²) in [6.45, 7) is 5.01. The average Bonchev–Trinajstić information content (AvgIpc) is 2.48. The third-order valence-corrected chi connectivity index (χ3v) is 3.24. The maximum Gasteiger partial charge on any atom is 0.319 e. The highest BCUT2D eigenvalue weighted by molar-refractivity contribution is 6.09. The molecule has 0 spiro atoms. The summed E-state index contributed by atoms with van der Waals surface area (Å²) in [5.74, 6) is -1.14. The summed E-state index contributed by atoms with van der Waals surface area (Å²) >= 11 is 0. The van der Waals surface area contributed by atoms with Gasteiger partial charge in [0, 0.05) is 6.92 Å². The Bertz CT molecular complexity index is 410. The minimum absolute atomic E-state index is 0.111. The summed E-state index contributed by atoms with van der Waals surface area (Å²) in [5, 5.41) is 0. The number of ketones is 1. The highest BCUT2D eigenvalue weighted by Gasteiger charge is 2.42. The van der Waals surface area contributed by atoms with Crippen molar-refractivity contribution in [3.63, 3.8) is 0 Å². The monoisotopic (exact) mass is 268 g/mol. The molecule has 106 valence electrons. The molecule has 0 aliphatic heterocycles. The van der Waals surface area contributed by atoms with Crippen LogP contribution in [0.15, 0.2) is 11.6 Å². The number of carbonyl (C=O) groups is 3. The van der Waals surface area contributed by atoms with Crippen LogP contribution in [0.25, 0.3) is 0 Å². The van der Waals surface area contributed by atoms with Crippen LogP contribution in [0.5, 0.6) is 0 Å². The van der Waals surface area contributed by atoms with E-state index in [4.69, 9.17) is 9.47 Å². The van der Waals surface area contributed by atoms with Crippen LogP contribution >= 0.6 is 0 Å². The van der Waals surface area contributed by atoms with E-state index in [1.54, 1.807) is 13.8 Å². The third-order valence-electron chi connectivity index (χ3n) is 3.24. The summed E-state index contributed by atoms with van der Waals surface area (Å²) in [6.07, 6.45) is 3.21. The Balaban J connectivity index is 2.82. The molecule has 0 aromatic rings. The van der Waals surface area contributed by atoms with Crippen molar-refractivity contribution in [3.8, 4) is 0 Å². The zero-order chi connectivity index (χ0) is 14.5. The molecular formula is C14H20O5. The smallest absolute Gasteiger partial charge is 0.319 e. The second kappa shape index (κ2) is 6.50. The van der Waals surface area contributed by atoms with Crippen LogP contribution in [-0.4, -0.2) is 30.9 Å². The Labute approximate surface area is 112 Å². The van der Waals surface area contributed by atoms with Gasteiger partial charge in [0.2, 0.25) is 0 Å². The number of rotatable bonds is 4. The molecule has 0 N–H and O–H groups in total. The molecule has 0 fully saturated rings. The van der Waals surface area contributed by atoms with E-state index in [1.807, 2.05) is 0 Å². The van der Waals surface area contributed by atoms with Crippen molar-refractivity contribution in [1.29, 1.82) is 0 Å². The first-order valence-electron chi connectivity index (χ1n) is 6.44. The van der Waals surface area contributed by atoms with Gasteiger partial charge in [-0.25, -0.2) is 0 Å². The minimum atomic E-state index is -1.12. The van der Waals surface area contributed by atoms with Gasteiger partial charge in [0.1, 0.15) is 12.0 Å². The van der Waals surface area contributed by atoms with Gasteiger partial charge in [-0.1, -0.05) is 0 Å². The summed E-state index contributed by atoms with van der Waals surface area (Å²) in [7, 11) is 0. The molecule has 0 heterocycles. The zero-order valence-electron chi connectivity index (χ0n) is 11.7. The topological polar surface area (TPSA) is 69.7 Å². The third kappa shape index (κ3) is 3.91. The second-order valence-electron chi connectivity index (χ2n) is 4.85. The Morgan fingerprint density at radius 1 is 1.37 bits per heavy atom. The van der Waals surface area contributed by atoms with Crippen LogP contribution in [0.4, 0.5) is 0 Å². The second-order valence-corrected chi connectivity index (χ2v) is 4.85. The molecule has 0 radical (unpaired) electrons. The van der Waals surface area contributed by atoms with Crippen LogP contribution in [0.3, 0.4) is 0 Å². The van der Waals surface area contributed by atoms with Crippen LogP contribution in [0.2, 0.25) is 0 Å². The van der Waals surface area contributed by atoms with Gasteiger partial charge < -0.3 is 9.47 Å². The van der Waals surface area contributed by atoms with E-state index >= 15 is 0 Å². The quantitative estimate of drug-likeness (QED) is 0.574. The minimum Gasteiger partial charge on any atom is -0.465 e. The molecule has 0 saturated heterocycles. The average molecular weight is 268 g/mol. The van der Waals surface area contributed by atoms with Gasteiger partial charge in [0.05, 0.1) is 6.61 Å². The van der Waals surface area contributed by atoms with E-state index < -0.39 is 11.4 Å². The number of ether oxygens (including phenoxy) is 2. The lowest BCUT2D eigenvalue weighted by Gasteiger charge is -2.22. The molecule has 0 aromatic heterocycles. The standard InChI is InChI=1S/C14H20O5/c1-4-18-13(17)14(3)7-5-6-11(8-12(14)16)9-19-10(2)15/h8H,4-7,9H2,1-3H3. The predicted octanol–water partition coefficient (Wildman–Crippen LogP) is 1.80. The number of allylic oxidation sites excluding steroid dienone is 1. The molecule has 0 amide bonds. The molecule has 0 saturated carbocycles. The van der Waals surface area contributed by atoms with Gasteiger partial charge in [0.15, 0.2) is 5.78 Å². The van der Waals surface area contributed by atoms with Gasteiger partial charge in [-0.05, 0) is 44.8 Å². The largest absolute Gasteiger partial charge is 0.465 e. The molecule has 1 rings (SSSR count). The van der Waals surface area contributed by atoms with Crippen LogP contribution in [-0.2, 0) is 23.9 Å². The van der Waals surface area contributed by atoms with Gasteiger partial charge in [-0.3, -0.25) is 14.4 Å². The fraction of sp³-hybridized carbons (Fsp3) is 0.643.